The molecule has 0 fully saturated rings. The van der Waals surface area contributed by atoms with Crippen molar-refractivity contribution in [3.05, 3.63) is 37.5 Å². The lowest BCUT2D eigenvalue weighted by atomic mass is 10.4. The quantitative estimate of drug-likeness (QED) is 0.270. The van der Waals surface area contributed by atoms with E-state index in [0.717, 1.165) is 0 Å². The third kappa shape index (κ3) is 4.51. The van der Waals surface area contributed by atoms with Gasteiger partial charge in [0.25, 0.3) is 0 Å². The van der Waals surface area contributed by atoms with Crippen LogP contribution in [-0.4, -0.2) is 17.1 Å². The van der Waals surface area contributed by atoms with E-state index >= 15 is 0 Å². The van der Waals surface area contributed by atoms with Gasteiger partial charge in [0, 0.05) is 12.6 Å². The maximum Gasteiger partial charge on any atom is 0.249 e. The fraction of sp³-hybridized carbons (Fsp3) is 0.125. The molecule has 0 aliphatic carbocycles. The van der Waals surface area contributed by atoms with Crippen LogP contribution in [0.4, 0.5) is 0 Å². The molecule has 0 radical (unpaired) electrons. The van der Waals surface area contributed by atoms with Crippen LogP contribution in [0.3, 0.4) is 0 Å². The standard InChI is InChI=1S/C8H12NOP/c1-3-5-6-8(10)9(11)7-4-2/h3-6H,1-2,7,11H2/b6-5+. The largest absolute Gasteiger partial charge is 0.320 e. The summed E-state index contributed by atoms with van der Waals surface area (Å²) >= 11 is 0. The minimum Gasteiger partial charge on any atom is -0.320 e. The minimum atomic E-state index is -0.0743. The monoisotopic (exact) mass is 169 g/mol. The Bertz CT molecular complexity index is 187. The average Bonchev–Trinajstić information content (AvgIpc) is 2.00. The first-order chi connectivity index (χ1) is 5.22. The molecular weight excluding hydrogens is 157 g/mol. The predicted octanol–water partition coefficient (Wildman–Crippen LogP) is 1.53. The Kier molecular flexibility index (Phi) is 5.40. The second kappa shape index (κ2) is 5.87. The van der Waals surface area contributed by atoms with Crippen LogP contribution in [0.1, 0.15) is 0 Å². The highest BCUT2D eigenvalue weighted by Crippen LogP contribution is 1.99. The first kappa shape index (κ1) is 10.1. The van der Waals surface area contributed by atoms with Crippen molar-refractivity contribution in [3.8, 4) is 0 Å². The Balaban J connectivity index is 3.91. The molecule has 0 aromatic carbocycles. The van der Waals surface area contributed by atoms with Crippen molar-refractivity contribution in [2.75, 3.05) is 6.54 Å². The lowest BCUT2D eigenvalue weighted by Crippen LogP contribution is -2.17. The molecule has 0 N–H and O–H groups in total. The summed E-state index contributed by atoms with van der Waals surface area (Å²) in [6.45, 7) is 7.50. The molecule has 11 heavy (non-hydrogen) atoms. The molecule has 1 atom stereocenters. The highest BCUT2D eigenvalue weighted by molar-refractivity contribution is 7.14. The molecule has 0 aromatic heterocycles. The number of carbonyl (C=O) groups excluding carboxylic acids is 1. The van der Waals surface area contributed by atoms with E-state index < -0.39 is 0 Å². The molecule has 3 heteroatoms. The number of hydrogen-bond donors (Lipinski definition) is 0. The molecule has 0 bridgehead atoms. The van der Waals surface area contributed by atoms with Crippen LogP contribution in [0, 0.1) is 0 Å². The number of hydrogen-bond acceptors (Lipinski definition) is 1. The summed E-state index contributed by atoms with van der Waals surface area (Å²) < 4.78 is 1.48. The van der Waals surface area contributed by atoms with Crippen molar-refractivity contribution in [1.82, 2.24) is 4.67 Å². The summed E-state index contributed by atoms with van der Waals surface area (Å²) in [6, 6.07) is 0. The number of allylic oxidation sites excluding steroid dienone is 2. The fourth-order valence-corrected chi connectivity index (χ4v) is 0.710. The summed E-state index contributed by atoms with van der Waals surface area (Å²) in [5.74, 6) is -0.0743. The molecule has 0 aliphatic rings. The molecule has 0 aromatic rings. The third-order valence-corrected chi connectivity index (χ3v) is 1.45. The van der Waals surface area contributed by atoms with Crippen LogP contribution in [0.5, 0.6) is 0 Å². The summed E-state index contributed by atoms with van der Waals surface area (Å²) in [6.07, 6.45) is 6.27. The Hall–Kier alpha value is -0.880. The maximum absolute atomic E-state index is 11.0. The SMILES string of the molecule is C=C/C=C/C(=O)N(P)CC=C. The van der Waals surface area contributed by atoms with E-state index in [4.69, 9.17) is 0 Å². The highest BCUT2D eigenvalue weighted by Gasteiger charge is 1.99. The van der Waals surface area contributed by atoms with Gasteiger partial charge in [-0.05, 0) is 9.39 Å². The number of amides is 1. The highest BCUT2D eigenvalue weighted by atomic mass is 31.0. The lowest BCUT2D eigenvalue weighted by Gasteiger charge is -2.10. The lowest BCUT2D eigenvalue weighted by molar-refractivity contribution is -0.120. The van der Waals surface area contributed by atoms with Gasteiger partial charge < -0.3 is 4.67 Å². The zero-order chi connectivity index (χ0) is 8.69. The summed E-state index contributed by atoms with van der Waals surface area (Å²) in [7, 11) is 2.32. The Morgan fingerprint density at radius 3 is 2.64 bits per heavy atom. The molecule has 0 spiro atoms. The zero-order valence-electron chi connectivity index (χ0n) is 6.36. The van der Waals surface area contributed by atoms with E-state index in [0.29, 0.717) is 6.54 Å². The van der Waals surface area contributed by atoms with Gasteiger partial charge in [0.2, 0.25) is 5.91 Å². The summed E-state index contributed by atoms with van der Waals surface area (Å²) in [4.78, 5) is 11.0. The second-order valence-electron chi connectivity index (χ2n) is 1.87. The topological polar surface area (TPSA) is 20.3 Å². The van der Waals surface area contributed by atoms with E-state index in [1.165, 1.54) is 10.7 Å². The molecule has 1 unspecified atom stereocenters. The minimum absolute atomic E-state index is 0.0743. The summed E-state index contributed by atoms with van der Waals surface area (Å²) in [5.41, 5.74) is 0. The van der Waals surface area contributed by atoms with Gasteiger partial charge in [-0.15, -0.1) is 6.58 Å². The Labute approximate surface area is 69.5 Å². The van der Waals surface area contributed by atoms with E-state index in [9.17, 15) is 4.79 Å². The maximum atomic E-state index is 11.0. The molecule has 0 saturated carbocycles. The van der Waals surface area contributed by atoms with E-state index in [-0.39, 0.29) is 5.91 Å². The van der Waals surface area contributed by atoms with Crippen molar-refractivity contribution in [3.63, 3.8) is 0 Å². The molecule has 0 aliphatic heterocycles. The van der Waals surface area contributed by atoms with E-state index in [1.54, 1.807) is 18.2 Å². The van der Waals surface area contributed by atoms with E-state index in [2.05, 4.69) is 22.5 Å². The average molecular weight is 169 g/mol. The fourth-order valence-electron chi connectivity index (χ4n) is 0.475. The van der Waals surface area contributed by atoms with Crippen LogP contribution in [-0.2, 0) is 4.79 Å². The van der Waals surface area contributed by atoms with Crippen molar-refractivity contribution >= 4 is 15.3 Å². The van der Waals surface area contributed by atoms with E-state index in [1.807, 2.05) is 0 Å². The zero-order valence-corrected chi connectivity index (χ0v) is 7.52. The van der Waals surface area contributed by atoms with Gasteiger partial charge in [-0.25, -0.2) is 0 Å². The van der Waals surface area contributed by atoms with Crippen LogP contribution in [0.25, 0.3) is 0 Å². The Morgan fingerprint density at radius 2 is 2.18 bits per heavy atom. The summed E-state index contributed by atoms with van der Waals surface area (Å²) in [5, 5.41) is 0. The van der Waals surface area contributed by atoms with Crippen molar-refractivity contribution in [2.24, 2.45) is 0 Å². The number of rotatable bonds is 4. The predicted molar refractivity (Wildman–Crippen MR) is 51.0 cm³/mol. The van der Waals surface area contributed by atoms with Crippen LogP contribution in [0.2, 0.25) is 0 Å². The smallest absolute Gasteiger partial charge is 0.249 e. The van der Waals surface area contributed by atoms with Crippen molar-refractivity contribution in [2.45, 2.75) is 0 Å². The molecule has 2 nitrogen and oxygen atoms in total. The first-order valence-corrected chi connectivity index (χ1v) is 3.70. The molecule has 0 heterocycles. The molecular formula is C8H12NOP. The van der Waals surface area contributed by atoms with Crippen molar-refractivity contribution in [1.29, 1.82) is 0 Å². The second-order valence-corrected chi connectivity index (χ2v) is 2.50. The van der Waals surface area contributed by atoms with Crippen LogP contribution >= 0.6 is 9.39 Å². The van der Waals surface area contributed by atoms with Gasteiger partial charge in [-0.3, -0.25) is 4.79 Å². The molecule has 1 amide bonds. The molecule has 0 rings (SSSR count). The van der Waals surface area contributed by atoms with Gasteiger partial charge in [0.15, 0.2) is 0 Å². The van der Waals surface area contributed by atoms with Crippen LogP contribution < -0.4 is 0 Å². The van der Waals surface area contributed by atoms with Gasteiger partial charge in [-0.2, -0.15) is 0 Å². The number of nitrogens with zero attached hydrogens (tertiary/aromatic N) is 1. The Morgan fingerprint density at radius 1 is 1.55 bits per heavy atom. The van der Waals surface area contributed by atoms with Gasteiger partial charge >= 0.3 is 0 Å². The van der Waals surface area contributed by atoms with Gasteiger partial charge in [-0.1, -0.05) is 24.8 Å². The first-order valence-electron chi connectivity index (χ1n) is 3.18. The third-order valence-electron chi connectivity index (χ3n) is 0.984. The molecule has 60 valence electrons. The molecule has 0 saturated heterocycles. The number of carbonyl (C=O) groups is 1. The van der Waals surface area contributed by atoms with Crippen molar-refractivity contribution < 1.29 is 4.79 Å². The van der Waals surface area contributed by atoms with Gasteiger partial charge in [0.1, 0.15) is 0 Å². The normalized spacial score (nSPS) is 9.55. The van der Waals surface area contributed by atoms with Crippen LogP contribution in [0.15, 0.2) is 37.5 Å². The van der Waals surface area contributed by atoms with Gasteiger partial charge in [0.05, 0.1) is 0 Å².